The smallest absolute Gasteiger partial charge is 0.217 e. The summed E-state index contributed by atoms with van der Waals surface area (Å²) < 4.78 is 29.2. The number of aryl methyl sites for hydroxylation is 1. The van der Waals surface area contributed by atoms with Gasteiger partial charge in [-0.3, -0.25) is 4.90 Å². The first-order valence-corrected chi connectivity index (χ1v) is 15.7. The van der Waals surface area contributed by atoms with Gasteiger partial charge in [0, 0.05) is 25.2 Å². The van der Waals surface area contributed by atoms with Crippen molar-refractivity contribution in [1.82, 2.24) is 9.21 Å². The fourth-order valence-electron chi connectivity index (χ4n) is 7.99. The lowest BCUT2D eigenvalue weighted by Gasteiger charge is -2.59. The predicted molar refractivity (Wildman–Crippen MR) is 141 cm³/mol. The Labute approximate surface area is 208 Å². The molecule has 2 aliphatic heterocycles. The Bertz CT molecular complexity index is 947. The second-order valence-electron chi connectivity index (χ2n) is 11.9. The van der Waals surface area contributed by atoms with Crippen LogP contribution < -0.4 is 0 Å². The molecule has 1 aromatic carbocycles. The fourth-order valence-corrected chi connectivity index (χ4v) is 10.1. The van der Waals surface area contributed by atoms with E-state index in [1.165, 1.54) is 43.2 Å². The first-order valence-electron chi connectivity index (χ1n) is 14.2. The molecule has 0 aromatic heterocycles. The standard InChI is InChI=1S/C29H46N2O2S/c1-21-10-9-13-27(22(21)2)24-14-16-25(17-15-24)29-23(3)31-19-8-7-18-30(20-28(29)31)34(32,33)26-11-5-4-6-12-26/h9-10,13,23-26,28-29H,4-8,11-12,14-20H2,1-3H3/t23-,24?,25?,28-,29?/m1/s1. The van der Waals surface area contributed by atoms with Crippen LogP contribution in [0.5, 0.6) is 0 Å². The van der Waals surface area contributed by atoms with E-state index in [-0.39, 0.29) is 5.25 Å². The molecule has 0 radical (unpaired) electrons. The Hall–Kier alpha value is -0.910. The maximum absolute atomic E-state index is 13.6. The lowest BCUT2D eigenvalue weighted by molar-refractivity contribution is -0.0951. The van der Waals surface area contributed by atoms with Crippen molar-refractivity contribution in [2.24, 2.45) is 11.8 Å². The average Bonchev–Trinajstić information content (AvgIpc) is 2.83. The van der Waals surface area contributed by atoms with Crippen molar-refractivity contribution in [2.45, 2.75) is 115 Å². The number of fused-ring (bicyclic) bond motifs is 1. The Morgan fingerprint density at radius 3 is 2.29 bits per heavy atom. The minimum absolute atomic E-state index is 0.127. The molecule has 4 nitrogen and oxygen atoms in total. The van der Waals surface area contributed by atoms with E-state index in [1.54, 1.807) is 5.56 Å². The maximum atomic E-state index is 13.6. The molecule has 1 aromatic rings. The molecule has 4 aliphatic rings. The number of nitrogens with zero attached hydrogens (tertiary/aromatic N) is 2. The number of benzene rings is 1. The van der Waals surface area contributed by atoms with E-state index in [4.69, 9.17) is 0 Å². The Morgan fingerprint density at radius 1 is 0.853 bits per heavy atom. The highest BCUT2D eigenvalue weighted by Crippen LogP contribution is 2.48. The van der Waals surface area contributed by atoms with Gasteiger partial charge in [0.15, 0.2) is 0 Å². The molecule has 3 atom stereocenters. The lowest BCUT2D eigenvalue weighted by atomic mass is 9.64. The van der Waals surface area contributed by atoms with Crippen molar-refractivity contribution in [1.29, 1.82) is 0 Å². The van der Waals surface area contributed by atoms with Crippen LogP contribution in [0.25, 0.3) is 0 Å². The molecule has 5 heteroatoms. The van der Waals surface area contributed by atoms with Crippen LogP contribution in [0, 0.1) is 25.7 Å². The zero-order valence-corrected chi connectivity index (χ0v) is 22.5. The molecule has 190 valence electrons. The number of rotatable bonds is 4. The zero-order chi connectivity index (χ0) is 23.9. The Morgan fingerprint density at radius 2 is 1.56 bits per heavy atom. The van der Waals surface area contributed by atoms with Gasteiger partial charge in [-0.2, -0.15) is 0 Å². The van der Waals surface area contributed by atoms with E-state index in [0.717, 1.165) is 64.1 Å². The predicted octanol–water partition coefficient (Wildman–Crippen LogP) is 6.02. The third-order valence-electron chi connectivity index (χ3n) is 10.2. The maximum Gasteiger partial charge on any atom is 0.217 e. The van der Waals surface area contributed by atoms with Crippen molar-refractivity contribution < 1.29 is 8.42 Å². The summed E-state index contributed by atoms with van der Waals surface area (Å²) in [6.45, 7) is 9.57. The largest absolute Gasteiger partial charge is 0.296 e. The van der Waals surface area contributed by atoms with E-state index < -0.39 is 10.0 Å². The normalized spacial score (nSPS) is 34.6. The Kier molecular flexibility index (Phi) is 7.45. The molecule has 2 heterocycles. The van der Waals surface area contributed by atoms with Crippen LogP contribution >= 0.6 is 0 Å². The van der Waals surface area contributed by atoms with Crippen LogP contribution in [0.4, 0.5) is 0 Å². The van der Waals surface area contributed by atoms with Gasteiger partial charge in [-0.1, -0.05) is 37.5 Å². The monoisotopic (exact) mass is 486 g/mol. The molecule has 2 saturated carbocycles. The van der Waals surface area contributed by atoms with Gasteiger partial charge < -0.3 is 0 Å². The third-order valence-corrected chi connectivity index (χ3v) is 12.5. The summed E-state index contributed by atoms with van der Waals surface area (Å²) in [5, 5.41) is -0.127. The van der Waals surface area contributed by atoms with Gasteiger partial charge in [0.1, 0.15) is 0 Å². The molecule has 0 spiro atoms. The molecule has 4 fully saturated rings. The van der Waals surface area contributed by atoms with Crippen molar-refractivity contribution in [3.8, 4) is 0 Å². The second kappa shape index (κ2) is 10.2. The van der Waals surface area contributed by atoms with Crippen LogP contribution in [0.15, 0.2) is 18.2 Å². The van der Waals surface area contributed by atoms with Gasteiger partial charge in [0.05, 0.1) is 5.25 Å². The van der Waals surface area contributed by atoms with E-state index in [0.29, 0.717) is 23.9 Å². The molecule has 5 rings (SSSR count). The van der Waals surface area contributed by atoms with Crippen LogP contribution in [0.2, 0.25) is 0 Å². The van der Waals surface area contributed by atoms with Gasteiger partial charge in [0.25, 0.3) is 0 Å². The molecular formula is C29H46N2O2S. The number of sulfonamides is 1. The average molecular weight is 487 g/mol. The van der Waals surface area contributed by atoms with E-state index in [9.17, 15) is 8.42 Å². The summed E-state index contributed by atoms with van der Waals surface area (Å²) in [7, 11) is -3.17. The van der Waals surface area contributed by atoms with E-state index in [1.807, 2.05) is 4.31 Å². The summed E-state index contributed by atoms with van der Waals surface area (Å²) in [6, 6.07) is 7.84. The molecule has 1 unspecified atom stereocenters. The molecule has 34 heavy (non-hydrogen) atoms. The molecular weight excluding hydrogens is 440 g/mol. The molecule has 2 saturated heterocycles. The summed E-state index contributed by atoms with van der Waals surface area (Å²) in [6.07, 6.45) is 12.4. The first-order chi connectivity index (χ1) is 16.4. The lowest BCUT2D eigenvalue weighted by Crippen LogP contribution is -2.69. The van der Waals surface area contributed by atoms with Crippen LogP contribution in [0.3, 0.4) is 0 Å². The third kappa shape index (κ3) is 4.62. The number of hydrogen-bond acceptors (Lipinski definition) is 3. The summed E-state index contributed by atoms with van der Waals surface area (Å²) in [4.78, 5) is 2.66. The van der Waals surface area contributed by atoms with Crippen LogP contribution in [-0.2, 0) is 10.0 Å². The van der Waals surface area contributed by atoms with Crippen molar-refractivity contribution in [2.75, 3.05) is 19.6 Å². The second-order valence-corrected chi connectivity index (χ2v) is 14.1. The highest BCUT2D eigenvalue weighted by Gasteiger charge is 2.51. The van der Waals surface area contributed by atoms with Crippen molar-refractivity contribution in [3.63, 3.8) is 0 Å². The van der Waals surface area contributed by atoms with Crippen LogP contribution in [0.1, 0.15) is 100 Å². The summed E-state index contributed by atoms with van der Waals surface area (Å²) >= 11 is 0. The van der Waals surface area contributed by atoms with Crippen molar-refractivity contribution >= 4 is 10.0 Å². The molecule has 0 N–H and O–H groups in total. The summed E-state index contributed by atoms with van der Waals surface area (Å²) in [5.41, 5.74) is 4.46. The topological polar surface area (TPSA) is 40.6 Å². The highest BCUT2D eigenvalue weighted by molar-refractivity contribution is 7.89. The molecule has 2 aliphatic carbocycles. The number of hydrogen-bond donors (Lipinski definition) is 0. The van der Waals surface area contributed by atoms with Crippen LogP contribution in [-0.4, -0.2) is 54.6 Å². The molecule has 0 bridgehead atoms. The van der Waals surface area contributed by atoms with E-state index in [2.05, 4.69) is 43.9 Å². The van der Waals surface area contributed by atoms with Gasteiger partial charge in [-0.25, -0.2) is 12.7 Å². The Balaban J connectivity index is 1.27. The fraction of sp³-hybridized carbons (Fsp3) is 0.793. The minimum Gasteiger partial charge on any atom is -0.296 e. The zero-order valence-electron chi connectivity index (χ0n) is 21.7. The van der Waals surface area contributed by atoms with Gasteiger partial charge in [-0.05, 0) is 113 Å². The quantitative estimate of drug-likeness (QED) is 0.522. The first kappa shape index (κ1) is 24.8. The van der Waals surface area contributed by atoms with Gasteiger partial charge in [0.2, 0.25) is 10.0 Å². The van der Waals surface area contributed by atoms with Gasteiger partial charge in [-0.15, -0.1) is 0 Å². The summed E-state index contributed by atoms with van der Waals surface area (Å²) in [5.74, 6) is 2.10. The highest BCUT2D eigenvalue weighted by atomic mass is 32.2. The molecule has 0 amide bonds. The minimum atomic E-state index is -3.17. The van der Waals surface area contributed by atoms with E-state index >= 15 is 0 Å². The van der Waals surface area contributed by atoms with Crippen molar-refractivity contribution in [3.05, 3.63) is 34.9 Å². The van der Waals surface area contributed by atoms with Gasteiger partial charge >= 0.3 is 0 Å². The SMILES string of the molecule is Cc1cccc(C2CCC(C3[C@@H](C)N4CCCCN(S(=O)(=O)C5CCCCC5)C[C@H]34)CC2)c1C.